The smallest absolute Gasteiger partial charge is 0.479 e. The maximum absolute atomic E-state index is 13.3. The Labute approximate surface area is 216 Å². The average molecular weight is 579 g/mol. The zero-order chi connectivity index (χ0) is 27.3. The molecule has 3 atom stereocenters. The summed E-state index contributed by atoms with van der Waals surface area (Å²) in [7, 11) is 0. The van der Waals surface area contributed by atoms with Crippen molar-refractivity contribution in [2.45, 2.75) is 83.3 Å². The summed E-state index contributed by atoms with van der Waals surface area (Å²) >= 11 is 3.30. The molecule has 202 valence electrons. The van der Waals surface area contributed by atoms with Crippen molar-refractivity contribution < 1.29 is 47.9 Å². The van der Waals surface area contributed by atoms with Crippen LogP contribution in [0.4, 0.5) is 9.18 Å². The van der Waals surface area contributed by atoms with E-state index in [2.05, 4.69) is 26.0 Å². The first-order valence-corrected chi connectivity index (χ1v) is 12.0. The van der Waals surface area contributed by atoms with Gasteiger partial charge >= 0.3 is 12.2 Å². The first-order valence-electron chi connectivity index (χ1n) is 11.2. The molecule has 36 heavy (non-hydrogen) atoms. The first-order chi connectivity index (χ1) is 16.6. The molecular weight excluding hydrogens is 547 g/mol. The van der Waals surface area contributed by atoms with E-state index < -0.39 is 54.5 Å². The molecule has 1 aromatic rings. The molecule has 0 aromatic heterocycles. The van der Waals surface area contributed by atoms with E-state index in [4.69, 9.17) is 19.9 Å². The molecule has 0 bridgehead atoms. The van der Waals surface area contributed by atoms with E-state index in [9.17, 15) is 29.0 Å². The zero-order valence-corrected chi connectivity index (χ0v) is 22.1. The lowest BCUT2D eigenvalue weighted by Gasteiger charge is -2.32. The zero-order valence-electron chi connectivity index (χ0n) is 20.5. The molecule has 3 unspecified atom stereocenters. The predicted octanol–water partition coefficient (Wildman–Crippen LogP) is 2.99. The number of hydrogen-bond donors (Lipinski definition) is 4. The van der Waals surface area contributed by atoms with Crippen molar-refractivity contribution in [3.05, 3.63) is 27.7 Å². The minimum atomic E-state index is -1.98. The summed E-state index contributed by atoms with van der Waals surface area (Å²) in [5, 5.41) is 22.2. The van der Waals surface area contributed by atoms with Gasteiger partial charge in [0.15, 0.2) is 6.10 Å². The van der Waals surface area contributed by atoms with E-state index >= 15 is 0 Å². The number of halogens is 2. The molecule has 1 aliphatic rings. The Morgan fingerprint density at radius 1 is 1.25 bits per heavy atom. The largest absolute Gasteiger partial charge is 0.495 e. The summed E-state index contributed by atoms with van der Waals surface area (Å²) in [4.78, 5) is 35.3. The summed E-state index contributed by atoms with van der Waals surface area (Å²) in [5.74, 6) is -1.84. The Balaban J connectivity index is 2.31. The number of carbonyl (C=O) groups is 3. The van der Waals surface area contributed by atoms with Crippen LogP contribution in [0.15, 0.2) is 16.6 Å². The number of amides is 1. The van der Waals surface area contributed by atoms with Crippen molar-refractivity contribution in [2.24, 2.45) is 5.73 Å². The number of rotatable bonds is 11. The molecule has 1 aromatic carbocycles. The van der Waals surface area contributed by atoms with Crippen LogP contribution in [0.25, 0.3) is 0 Å². The number of aliphatic hydroxyl groups excluding tert-OH is 1. The number of ether oxygens (including phenoxy) is 4. The highest BCUT2D eigenvalue weighted by molar-refractivity contribution is 9.10. The lowest BCUT2D eigenvalue weighted by molar-refractivity contribution is -0.195. The second-order valence-corrected chi connectivity index (χ2v) is 10.5. The quantitative estimate of drug-likeness (QED) is 0.226. The molecule has 11 nitrogen and oxygen atoms in total. The van der Waals surface area contributed by atoms with Crippen molar-refractivity contribution in [3.8, 4) is 5.75 Å². The fourth-order valence-corrected chi connectivity index (χ4v) is 4.00. The number of carboxylic acid groups (broad SMARTS) is 1. The monoisotopic (exact) mass is 578 g/mol. The minimum Gasteiger partial charge on any atom is -0.479 e. The number of benzene rings is 1. The number of carbonyl (C=O) groups excluding carboxylic acids is 2. The van der Waals surface area contributed by atoms with Crippen molar-refractivity contribution in [3.63, 3.8) is 0 Å². The minimum absolute atomic E-state index is 0.00112. The van der Waals surface area contributed by atoms with Crippen LogP contribution in [-0.4, -0.2) is 64.7 Å². The highest BCUT2D eigenvalue weighted by Gasteiger charge is 2.35. The molecule has 0 aliphatic carbocycles. The van der Waals surface area contributed by atoms with Crippen molar-refractivity contribution >= 4 is 34.0 Å². The van der Waals surface area contributed by atoms with Gasteiger partial charge in [-0.2, -0.15) is 0 Å². The number of aliphatic hydroxyl groups is 1. The lowest BCUT2D eigenvalue weighted by atomic mass is 9.99. The van der Waals surface area contributed by atoms with E-state index in [1.165, 1.54) is 12.1 Å². The molecule has 1 heterocycles. The average Bonchev–Trinajstić information content (AvgIpc) is 2.71. The van der Waals surface area contributed by atoms with Crippen LogP contribution >= 0.6 is 15.9 Å². The molecule has 0 saturated carbocycles. The lowest BCUT2D eigenvalue weighted by Crippen LogP contribution is -2.46. The van der Waals surface area contributed by atoms with Crippen molar-refractivity contribution in [2.75, 3.05) is 6.61 Å². The first kappa shape index (κ1) is 29.9. The second-order valence-electron chi connectivity index (χ2n) is 9.66. The summed E-state index contributed by atoms with van der Waals surface area (Å²) < 4.78 is 34.0. The van der Waals surface area contributed by atoms with E-state index in [-0.39, 0.29) is 40.8 Å². The molecule has 1 fully saturated rings. The molecule has 0 spiro atoms. The van der Waals surface area contributed by atoms with Crippen LogP contribution in [0.3, 0.4) is 0 Å². The van der Waals surface area contributed by atoms with Gasteiger partial charge in [0.1, 0.15) is 18.1 Å². The van der Waals surface area contributed by atoms with Gasteiger partial charge in [-0.25, -0.2) is 9.59 Å². The number of nitrogens with one attached hydrogen (secondary N) is 1. The van der Waals surface area contributed by atoms with Gasteiger partial charge in [-0.1, -0.05) is 0 Å². The number of nitrogens with two attached hydrogens (primary N) is 1. The second kappa shape index (κ2) is 12.3. The van der Waals surface area contributed by atoms with Gasteiger partial charge in [0, 0.05) is 18.4 Å². The SMILES string of the molecule is CC(C)(CCOC(C)(C)N)NC(=O)c1cc(COC(=O)F)cc(Br)c1OC1CC(O)CC(C(=O)O)O1. The molecule has 13 heteroatoms. The number of aliphatic carboxylic acids is 1. The number of carboxylic acids is 1. The summed E-state index contributed by atoms with van der Waals surface area (Å²) in [5.41, 5.74) is 4.50. The van der Waals surface area contributed by atoms with Gasteiger partial charge in [0.05, 0.1) is 22.7 Å². The Hall–Kier alpha value is -2.32. The third kappa shape index (κ3) is 9.62. The van der Waals surface area contributed by atoms with Crippen molar-refractivity contribution in [1.82, 2.24) is 5.32 Å². The Kier molecular flexibility index (Phi) is 10.2. The van der Waals surface area contributed by atoms with Crippen LogP contribution in [0, 0.1) is 0 Å². The molecule has 5 N–H and O–H groups in total. The molecule has 2 rings (SSSR count). The molecular formula is C23H32BrFN2O9. The normalized spacial score (nSPS) is 20.5. The Bertz CT molecular complexity index is 968. The molecule has 1 aliphatic heterocycles. The summed E-state index contributed by atoms with van der Waals surface area (Å²) in [6.07, 6.45) is -5.15. The van der Waals surface area contributed by atoms with Crippen LogP contribution in [0.2, 0.25) is 0 Å². The maximum atomic E-state index is 13.3. The third-order valence-corrected chi connectivity index (χ3v) is 5.73. The van der Waals surface area contributed by atoms with Gasteiger partial charge in [-0.15, -0.1) is 4.39 Å². The predicted molar refractivity (Wildman–Crippen MR) is 128 cm³/mol. The molecule has 1 amide bonds. The van der Waals surface area contributed by atoms with Gasteiger partial charge in [-0.3, -0.25) is 4.79 Å². The van der Waals surface area contributed by atoms with Crippen molar-refractivity contribution in [1.29, 1.82) is 0 Å². The van der Waals surface area contributed by atoms with Gasteiger partial charge in [0.25, 0.3) is 5.91 Å². The van der Waals surface area contributed by atoms with Crippen LogP contribution in [-0.2, 0) is 25.6 Å². The van der Waals surface area contributed by atoms with E-state index in [1.54, 1.807) is 27.7 Å². The Morgan fingerprint density at radius 2 is 1.92 bits per heavy atom. The summed E-state index contributed by atoms with van der Waals surface area (Å²) in [6.45, 7) is 6.78. The van der Waals surface area contributed by atoms with Gasteiger partial charge in [0.2, 0.25) is 6.29 Å². The van der Waals surface area contributed by atoms with Crippen LogP contribution in [0.5, 0.6) is 5.75 Å². The summed E-state index contributed by atoms with van der Waals surface area (Å²) in [6, 6.07) is 2.80. The van der Waals surface area contributed by atoms with E-state index in [0.717, 1.165) is 0 Å². The Morgan fingerprint density at radius 3 is 2.50 bits per heavy atom. The highest BCUT2D eigenvalue weighted by atomic mass is 79.9. The van der Waals surface area contributed by atoms with Crippen LogP contribution in [0.1, 0.15) is 62.9 Å². The standard InChI is InChI=1S/C23H32BrFN2O9/c1-22(2,5-6-34-23(3,4)26)27-19(29)14-7-12(11-33-21(25)32)8-15(24)18(14)36-17-10-13(28)9-16(35-17)20(30)31/h7-8,13,16-17,28H,5-6,9-11,26H2,1-4H3,(H,27,29)(H,30,31). The third-order valence-electron chi connectivity index (χ3n) is 5.14. The fraction of sp³-hybridized carbons (Fsp3) is 0.609. The van der Waals surface area contributed by atoms with Crippen LogP contribution < -0.4 is 15.8 Å². The highest BCUT2D eigenvalue weighted by Crippen LogP contribution is 2.35. The number of hydrogen-bond acceptors (Lipinski definition) is 9. The van der Waals surface area contributed by atoms with E-state index in [0.29, 0.717) is 6.42 Å². The molecule has 1 saturated heterocycles. The van der Waals surface area contributed by atoms with Gasteiger partial charge in [-0.05, 0) is 67.7 Å². The topological polar surface area (TPSA) is 167 Å². The van der Waals surface area contributed by atoms with Gasteiger partial charge < -0.3 is 40.2 Å². The molecule has 0 radical (unpaired) electrons. The fourth-order valence-electron chi connectivity index (χ4n) is 3.39. The van der Waals surface area contributed by atoms with E-state index in [1.807, 2.05) is 0 Å². The maximum Gasteiger partial charge on any atom is 0.495 e.